The number of pyridine rings is 1. The molecule has 1 aromatic heterocycles. The number of hydrogen-bond acceptors (Lipinski definition) is 4. The number of fused-ring (bicyclic) bond motifs is 2. The molecule has 26 heavy (non-hydrogen) atoms. The number of anilines is 1. The molecule has 0 amide bonds. The molecule has 0 radical (unpaired) electrons. The summed E-state index contributed by atoms with van der Waals surface area (Å²) in [5, 5.41) is 2.40. The van der Waals surface area contributed by atoms with E-state index in [4.69, 9.17) is 14.5 Å². The van der Waals surface area contributed by atoms with Crippen molar-refractivity contribution >= 4 is 27.5 Å². The van der Waals surface area contributed by atoms with Crippen LogP contribution in [0.3, 0.4) is 0 Å². The molecule has 2 fully saturated rings. The molecule has 5 rings (SSSR count). The maximum atomic E-state index is 6.19. The van der Waals surface area contributed by atoms with Gasteiger partial charge in [0.05, 0.1) is 17.6 Å². The molecule has 3 heterocycles. The first-order chi connectivity index (χ1) is 12.9. The third kappa shape index (κ3) is 2.99. The molecular weight excluding hydrogens is 324 g/mol. The summed E-state index contributed by atoms with van der Waals surface area (Å²) in [5.74, 6) is 0.870. The Bertz CT molecular complexity index is 928. The Morgan fingerprint density at radius 1 is 0.962 bits per heavy atom. The second kappa shape index (κ2) is 6.76. The van der Waals surface area contributed by atoms with Crippen molar-refractivity contribution in [3.05, 3.63) is 42.5 Å². The molecule has 0 spiro atoms. The quantitative estimate of drug-likeness (QED) is 0.631. The van der Waals surface area contributed by atoms with Crippen LogP contribution in [0.2, 0.25) is 0 Å². The van der Waals surface area contributed by atoms with Gasteiger partial charge in [-0.1, -0.05) is 18.2 Å². The van der Waals surface area contributed by atoms with Gasteiger partial charge in [0, 0.05) is 48.1 Å². The Balaban J connectivity index is 1.62. The predicted molar refractivity (Wildman–Crippen MR) is 105 cm³/mol. The highest BCUT2D eigenvalue weighted by atomic mass is 16.7. The lowest BCUT2D eigenvalue weighted by atomic mass is 10.1. The third-order valence-electron chi connectivity index (χ3n) is 5.44. The van der Waals surface area contributed by atoms with Gasteiger partial charge in [-0.15, -0.1) is 0 Å². The fraction of sp³-hybridized carbons (Fsp3) is 0.409. The maximum Gasteiger partial charge on any atom is 0.199 e. The molecule has 0 bridgehead atoms. The number of hydrogen-bond donors (Lipinski definition) is 0. The van der Waals surface area contributed by atoms with E-state index in [0.29, 0.717) is 0 Å². The molecule has 4 heteroatoms. The Labute approximate surface area is 153 Å². The molecule has 2 aromatic carbocycles. The third-order valence-corrected chi connectivity index (χ3v) is 5.44. The first-order valence-electron chi connectivity index (χ1n) is 9.74. The Morgan fingerprint density at radius 3 is 2.69 bits per heavy atom. The second-order valence-corrected chi connectivity index (χ2v) is 7.30. The van der Waals surface area contributed by atoms with E-state index in [2.05, 4.69) is 41.3 Å². The van der Waals surface area contributed by atoms with Crippen molar-refractivity contribution in [3.8, 4) is 5.75 Å². The van der Waals surface area contributed by atoms with Crippen LogP contribution in [0.1, 0.15) is 32.1 Å². The first-order valence-corrected chi connectivity index (χ1v) is 9.74. The van der Waals surface area contributed by atoms with Gasteiger partial charge >= 0.3 is 0 Å². The van der Waals surface area contributed by atoms with Gasteiger partial charge in [-0.2, -0.15) is 0 Å². The minimum atomic E-state index is -0.131. The largest absolute Gasteiger partial charge is 0.465 e. The number of nitrogens with zero attached hydrogens (tertiary/aromatic N) is 2. The smallest absolute Gasteiger partial charge is 0.199 e. The van der Waals surface area contributed by atoms with E-state index in [1.807, 2.05) is 6.07 Å². The van der Waals surface area contributed by atoms with Crippen molar-refractivity contribution in [3.63, 3.8) is 0 Å². The standard InChI is InChI=1S/C22H24N2O2/c1-2-8-19-16(7-1)13-18-20(23-19)14-17(26-22-9-3-6-12-25-22)15-21(18)24-10-4-5-11-24/h1-2,7-8,13-15,22H,3-6,9-12H2. The van der Waals surface area contributed by atoms with E-state index in [9.17, 15) is 0 Å². The zero-order chi connectivity index (χ0) is 17.3. The van der Waals surface area contributed by atoms with Gasteiger partial charge in [0.1, 0.15) is 5.75 Å². The van der Waals surface area contributed by atoms with Crippen molar-refractivity contribution < 1.29 is 9.47 Å². The minimum Gasteiger partial charge on any atom is -0.465 e. The summed E-state index contributed by atoms with van der Waals surface area (Å²) < 4.78 is 12.0. The van der Waals surface area contributed by atoms with Crippen molar-refractivity contribution in [1.82, 2.24) is 4.98 Å². The predicted octanol–water partition coefficient (Wildman–Crippen LogP) is 4.89. The van der Waals surface area contributed by atoms with Gasteiger partial charge in [-0.05, 0) is 37.8 Å². The van der Waals surface area contributed by atoms with Crippen molar-refractivity contribution in [2.45, 2.75) is 38.4 Å². The number of ether oxygens (including phenoxy) is 2. The minimum absolute atomic E-state index is 0.131. The van der Waals surface area contributed by atoms with Crippen molar-refractivity contribution in [2.24, 2.45) is 0 Å². The zero-order valence-electron chi connectivity index (χ0n) is 15.0. The summed E-state index contributed by atoms with van der Waals surface area (Å²) in [4.78, 5) is 7.38. The van der Waals surface area contributed by atoms with Crippen LogP contribution in [0, 0.1) is 0 Å². The Kier molecular flexibility index (Phi) is 4.13. The molecule has 0 aliphatic carbocycles. The average molecular weight is 348 g/mol. The fourth-order valence-corrected chi connectivity index (χ4v) is 4.08. The summed E-state index contributed by atoms with van der Waals surface area (Å²) >= 11 is 0. The molecule has 134 valence electrons. The van der Waals surface area contributed by atoms with Crippen LogP contribution in [0.25, 0.3) is 21.8 Å². The van der Waals surface area contributed by atoms with E-state index >= 15 is 0 Å². The summed E-state index contributed by atoms with van der Waals surface area (Å²) in [7, 11) is 0. The van der Waals surface area contributed by atoms with Gasteiger partial charge in [-0.25, -0.2) is 4.98 Å². The van der Waals surface area contributed by atoms with Crippen LogP contribution in [0.5, 0.6) is 5.75 Å². The van der Waals surface area contributed by atoms with Crippen LogP contribution >= 0.6 is 0 Å². The first kappa shape index (κ1) is 15.9. The van der Waals surface area contributed by atoms with Gasteiger partial charge < -0.3 is 14.4 Å². The Morgan fingerprint density at radius 2 is 1.85 bits per heavy atom. The van der Waals surface area contributed by atoms with Crippen LogP contribution in [-0.2, 0) is 4.74 Å². The lowest BCUT2D eigenvalue weighted by Crippen LogP contribution is -2.25. The monoisotopic (exact) mass is 348 g/mol. The molecule has 2 aliphatic rings. The molecule has 1 atom stereocenters. The average Bonchev–Trinajstić information content (AvgIpc) is 3.21. The molecule has 4 nitrogen and oxygen atoms in total. The van der Waals surface area contributed by atoms with Crippen LogP contribution in [-0.4, -0.2) is 31.0 Å². The zero-order valence-corrected chi connectivity index (χ0v) is 15.0. The molecule has 1 unspecified atom stereocenters. The second-order valence-electron chi connectivity index (χ2n) is 7.30. The van der Waals surface area contributed by atoms with E-state index in [1.54, 1.807) is 0 Å². The molecular formula is C22H24N2O2. The van der Waals surface area contributed by atoms with Crippen molar-refractivity contribution in [2.75, 3.05) is 24.6 Å². The van der Waals surface area contributed by atoms with E-state index in [1.165, 1.54) is 35.7 Å². The molecule has 2 saturated heterocycles. The highest BCUT2D eigenvalue weighted by Gasteiger charge is 2.20. The molecule has 0 saturated carbocycles. The van der Waals surface area contributed by atoms with Crippen LogP contribution < -0.4 is 9.64 Å². The van der Waals surface area contributed by atoms with Crippen LogP contribution in [0.4, 0.5) is 5.69 Å². The fourth-order valence-electron chi connectivity index (χ4n) is 4.08. The van der Waals surface area contributed by atoms with Crippen molar-refractivity contribution in [1.29, 1.82) is 0 Å². The van der Waals surface area contributed by atoms with Gasteiger partial charge in [0.15, 0.2) is 6.29 Å². The van der Waals surface area contributed by atoms with Gasteiger partial charge in [0.25, 0.3) is 0 Å². The van der Waals surface area contributed by atoms with E-state index in [-0.39, 0.29) is 6.29 Å². The van der Waals surface area contributed by atoms with E-state index in [0.717, 1.165) is 49.3 Å². The number of benzene rings is 2. The number of aromatic nitrogens is 1. The topological polar surface area (TPSA) is 34.6 Å². The maximum absolute atomic E-state index is 6.19. The molecule has 2 aliphatic heterocycles. The SMILES string of the molecule is c1ccc2nc3cc(OC4CCCCO4)cc(N4CCCC4)c3cc2c1. The lowest BCUT2D eigenvalue weighted by molar-refractivity contribution is -0.105. The Hall–Kier alpha value is -2.33. The summed E-state index contributed by atoms with van der Waals surface area (Å²) in [6.45, 7) is 3.00. The van der Waals surface area contributed by atoms with E-state index < -0.39 is 0 Å². The molecule has 3 aromatic rings. The highest BCUT2D eigenvalue weighted by Crippen LogP contribution is 2.35. The number of para-hydroxylation sites is 1. The number of rotatable bonds is 3. The van der Waals surface area contributed by atoms with Gasteiger partial charge in [0.2, 0.25) is 0 Å². The van der Waals surface area contributed by atoms with Gasteiger partial charge in [-0.3, -0.25) is 0 Å². The highest BCUT2D eigenvalue weighted by molar-refractivity contribution is 6.00. The lowest BCUT2D eigenvalue weighted by Gasteiger charge is -2.25. The summed E-state index contributed by atoms with van der Waals surface area (Å²) in [6.07, 6.45) is 5.62. The van der Waals surface area contributed by atoms with Crippen LogP contribution in [0.15, 0.2) is 42.5 Å². The summed E-state index contributed by atoms with van der Waals surface area (Å²) in [5.41, 5.74) is 3.27. The normalized spacial score (nSPS) is 20.8. The summed E-state index contributed by atoms with van der Waals surface area (Å²) in [6, 6.07) is 14.8. The molecule has 0 N–H and O–H groups in total.